The van der Waals surface area contributed by atoms with Crippen LogP contribution in [0.15, 0.2) is 60.7 Å². The number of fused-ring (bicyclic) bond motifs is 3. The zero-order valence-electron chi connectivity index (χ0n) is 19.9. The van der Waals surface area contributed by atoms with Gasteiger partial charge in [-0.15, -0.1) is 0 Å². The van der Waals surface area contributed by atoms with E-state index in [0.717, 1.165) is 6.42 Å². The third-order valence-corrected chi connectivity index (χ3v) is 6.86. The SMILES string of the molecule is CC(CCNC(=O)OCC1c2ccccc2-c2ccccc21)CCC(=O)NC1C=CC(C(=O)O)C1. The molecule has 3 unspecified atom stereocenters. The Kier molecular flexibility index (Phi) is 7.85. The molecule has 2 aromatic rings. The molecule has 0 aliphatic heterocycles. The molecule has 0 heterocycles. The molecule has 3 atom stereocenters. The van der Waals surface area contributed by atoms with Crippen molar-refractivity contribution < 1.29 is 24.2 Å². The van der Waals surface area contributed by atoms with Gasteiger partial charge in [0, 0.05) is 24.9 Å². The van der Waals surface area contributed by atoms with E-state index in [1.807, 2.05) is 31.2 Å². The lowest BCUT2D eigenvalue weighted by atomic mass is 9.98. The molecular weight excluding hydrogens is 444 g/mol. The summed E-state index contributed by atoms with van der Waals surface area (Å²) in [5.74, 6) is -1.19. The molecule has 2 aliphatic carbocycles. The van der Waals surface area contributed by atoms with Gasteiger partial charge in [-0.05, 0) is 47.4 Å². The fourth-order valence-corrected chi connectivity index (χ4v) is 4.86. The zero-order chi connectivity index (χ0) is 24.8. The monoisotopic (exact) mass is 476 g/mol. The van der Waals surface area contributed by atoms with Crippen molar-refractivity contribution in [2.45, 2.75) is 44.6 Å². The van der Waals surface area contributed by atoms with Crippen molar-refractivity contribution in [3.63, 3.8) is 0 Å². The number of ether oxygens (including phenoxy) is 1. The quantitative estimate of drug-likeness (QED) is 0.439. The molecule has 4 rings (SSSR count). The smallest absolute Gasteiger partial charge is 0.407 e. The van der Waals surface area contributed by atoms with E-state index in [4.69, 9.17) is 9.84 Å². The van der Waals surface area contributed by atoms with Gasteiger partial charge in [0.2, 0.25) is 5.91 Å². The van der Waals surface area contributed by atoms with Crippen molar-refractivity contribution in [2.24, 2.45) is 11.8 Å². The summed E-state index contributed by atoms with van der Waals surface area (Å²) in [6.07, 6.45) is 5.15. The van der Waals surface area contributed by atoms with E-state index in [1.54, 1.807) is 12.2 Å². The minimum atomic E-state index is -0.865. The second-order valence-electron chi connectivity index (χ2n) is 9.42. The minimum Gasteiger partial charge on any atom is -0.481 e. The van der Waals surface area contributed by atoms with Gasteiger partial charge in [0.1, 0.15) is 6.61 Å². The highest BCUT2D eigenvalue weighted by Gasteiger charge is 2.29. The first-order chi connectivity index (χ1) is 16.9. The number of carbonyl (C=O) groups is 3. The number of alkyl carbamates (subject to hydrolysis) is 1. The van der Waals surface area contributed by atoms with Crippen LogP contribution in [0.25, 0.3) is 11.1 Å². The molecule has 0 saturated heterocycles. The fourth-order valence-electron chi connectivity index (χ4n) is 4.86. The number of rotatable bonds is 10. The Hall–Kier alpha value is -3.61. The second-order valence-corrected chi connectivity index (χ2v) is 9.42. The van der Waals surface area contributed by atoms with Gasteiger partial charge in [-0.3, -0.25) is 9.59 Å². The first-order valence-corrected chi connectivity index (χ1v) is 12.2. The van der Waals surface area contributed by atoms with Crippen molar-refractivity contribution >= 4 is 18.0 Å². The maximum Gasteiger partial charge on any atom is 0.407 e. The van der Waals surface area contributed by atoms with Crippen LogP contribution in [0.2, 0.25) is 0 Å². The molecule has 2 aliphatic rings. The average molecular weight is 477 g/mol. The van der Waals surface area contributed by atoms with Crippen LogP contribution < -0.4 is 10.6 Å². The number of amides is 2. The van der Waals surface area contributed by atoms with E-state index < -0.39 is 18.0 Å². The average Bonchev–Trinajstić information content (AvgIpc) is 3.44. The lowest BCUT2D eigenvalue weighted by Gasteiger charge is -2.16. The summed E-state index contributed by atoms with van der Waals surface area (Å²) in [4.78, 5) is 35.5. The number of benzene rings is 2. The van der Waals surface area contributed by atoms with Crippen LogP contribution in [0, 0.1) is 11.8 Å². The van der Waals surface area contributed by atoms with E-state index in [-0.39, 0.29) is 30.4 Å². The molecule has 7 nitrogen and oxygen atoms in total. The highest BCUT2D eigenvalue weighted by Crippen LogP contribution is 2.44. The van der Waals surface area contributed by atoms with E-state index in [9.17, 15) is 14.4 Å². The van der Waals surface area contributed by atoms with Crippen LogP contribution in [0.1, 0.15) is 49.7 Å². The molecular formula is C28H32N2O5. The zero-order valence-corrected chi connectivity index (χ0v) is 19.9. The van der Waals surface area contributed by atoms with Gasteiger partial charge in [-0.25, -0.2) is 4.79 Å². The van der Waals surface area contributed by atoms with Gasteiger partial charge in [0.15, 0.2) is 0 Å². The van der Waals surface area contributed by atoms with Gasteiger partial charge >= 0.3 is 12.1 Å². The van der Waals surface area contributed by atoms with Gasteiger partial charge in [-0.2, -0.15) is 0 Å². The molecule has 0 saturated carbocycles. The Morgan fingerprint density at radius 2 is 1.66 bits per heavy atom. The highest BCUT2D eigenvalue weighted by molar-refractivity contribution is 5.79. The van der Waals surface area contributed by atoms with E-state index >= 15 is 0 Å². The van der Waals surface area contributed by atoms with Gasteiger partial charge in [0.05, 0.1) is 5.92 Å². The fraction of sp³-hybridized carbons (Fsp3) is 0.393. The molecule has 0 radical (unpaired) electrons. The predicted molar refractivity (Wildman–Crippen MR) is 133 cm³/mol. The Labute approximate surface area is 205 Å². The van der Waals surface area contributed by atoms with E-state index in [2.05, 4.69) is 34.9 Å². The number of hydrogen-bond donors (Lipinski definition) is 3. The van der Waals surface area contributed by atoms with Crippen LogP contribution in [-0.4, -0.2) is 42.3 Å². The Morgan fingerprint density at radius 3 is 2.29 bits per heavy atom. The molecule has 2 amide bonds. The highest BCUT2D eigenvalue weighted by atomic mass is 16.5. The van der Waals surface area contributed by atoms with E-state index in [1.165, 1.54) is 22.3 Å². The predicted octanol–water partition coefficient (Wildman–Crippen LogP) is 4.48. The summed E-state index contributed by atoms with van der Waals surface area (Å²) >= 11 is 0. The second kappa shape index (κ2) is 11.2. The van der Waals surface area contributed by atoms with Crippen LogP contribution in [-0.2, 0) is 14.3 Å². The number of hydrogen-bond acceptors (Lipinski definition) is 4. The van der Waals surface area contributed by atoms with Crippen molar-refractivity contribution in [2.75, 3.05) is 13.2 Å². The minimum absolute atomic E-state index is 0.0334. The summed E-state index contributed by atoms with van der Waals surface area (Å²) < 4.78 is 5.56. The number of nitrogens with one attached hydrogen (secondary N) is 2. The molecule has 0 spiro atoms. The molecule has 0 fully saturated rings. The Balaban J connectivity index is 1.14. The number of carboxylic acids is 1. The first-order valence-electron chi connectivity index (χ1n) is 12.2. The number of carboxylic acid groups (broad SMARTS) is 1. The van der Waals surface area contributed by atoms with Crippen molar-refractivity contribution in [3.8, 4) is 11.1 Å². The molecule has 0 aromatic heterocycles. The lowest BCUT2D eigenvalue weighted by Crippen LogP contribution is -2.33. The maximum absolute atomic E-state index is 12.3. The normalized spacial score (nSPS) is 19.0. The van der Waals surface area contributed by atoms with Crippen molar-refractivity contribution in [1.82, 2.24) is 10.6 Å². The summed E-state index contributed by atoms with van der Waals surface area (Å²) in [5, 5.41) is 14.7. The van der Waals surface area contributed by atoms with Gasteiger partial charge in [0.25, 0.3) is 0 Å². The van der Waals surface area contributed by atoms with Gasteiger partial charge in [-0.1, -0.05) is 67.6 Å². The number of aliphatic carboxylic acids is 1. The van der Waals surface area contributed by atoms with Crippen molar-refractivity contribution in [3.05, 3.63) is 71.8 Å². The van der Waals surface area contributed by atoms with Crippen LogP contribution in [0.5, 0.6) is 0 Å². The van der Waals surface area contributed by atoms with E-state index in [0.29, 0.717) is 25.8 Å². The molecule has 7 heteroatoms. The molecule has 35 heavy (non-hydrogen) atoms. The lowest BCUT2D eigenvalue weighted by molar-refractivity contribution is -0.140. The number of carbonyl (C=O) groups excluding carboxylic acids is 2. The standard InChI is InChI=1S/C28H32N2O5/c1-18(10-13-26(31)30-20-12-11-19(16-20)27(32)33)14-15-29-28(34)35-17-25-23-8-4-2-6-21(23)22-7-3-5-9-24(22)25/h2-9,11-12,18-20,25H,10,13-17H2,1H3,(H,29,34)(H,30,31)(H,32,33). The molecule has 184 valence electrons. The van der Waals surface area contributed by atoms with Crippen LogP contribution in [0.3, 0.4) is 0 Å². The molecule has 0 bridgehead atoms. The largest absolute Gasteiger partial charge is 0.481 e. The molecule has 3 N–H and O–H groups in total. The topological polar surface area (TPSA) is 105 Å². The summed E-state index contributed by atoms with van der Waals surface area (Å²) in [6, 6.07) is 16.2. The Morgan fingerprint density at radius 1 is 1.00 bits per heavy atom. The molecule has 2 aromatic carbocycles. The third kappa shape index (κ3) is 6.10. The first kappa shape index (κ1) is 24.5. The third-order valence-electron chi connectivity index (χ3n) is 6.86. The van der Waals surface area contributed by atoms with Crippen molar-refractivity contribution in [1.29, 1.82) is 0 Å². The van der Waals surface area contributed by atoms with Crippen LogP contribution in [0.4, 0.5) is 4.79 Å². The summed E-state index contributed by atoms with van der Waals surface area (Å²) in [5.41, 5.74) is 4.75. The maximum atomic E-state index is 12.3. The van der Waals surface area contributed by atoms with Crippen LogP contribution >= 0.6 is 0 Å². The summed E-state index contributed by atoms with van der Waals surface area (Å²) in [7, 11) is 0. The summed E-state index contributed by atoms with van der Waals surface area (Å²) in [6.45, 7) is 2.81. The Bertz CT molecular complexity index is 1070. The van der Waals surface area contributed by atoms with Gasteiger partial charge < -0.3 is 20.5 Å².